The fourth-order valence-electron chi connectivity index (χ4n) is 3.25. The SMILES string of the molecule is OC(Cc1ccc(F)cc1F)C1CCCc2ccccc21. The summed E-state index contributed by atoms with van der Waals surface area (Å²) in [6.45, 7) is 0. The lowest BCUT2D eigenvalue weighted by Crippen LogP contribution is -2.25. The lowest BCUT2D eigenvalue weighted by atomic mass is 9.78. The minimum atomic E-state index is -0.647. The third-order valence-corrected chi connectivity index (χ3v) is 4.32. The number of rotatable bonds is 3. The monoisotopic (exact) mass is 288 g/mol. The molecule has 2 aromatic carbocycles. The summed E-state index contributed by atoms with van der Waals surface area (Å²) in [7, 11) is 0. The molecule has 2 aromatic rings. The van der Waals surface area contributed by atoms with Gasteiger partial charge in [-0.05, 0) is 42.0 Å². The zero-order chi connectivity index (χ0) is 14.8. The first-order chi connectivity index (χ1) is 10.1. The van der Waals surface area contributed by atoms with Crippen LogP contribution in [0.15, 0.2) is 42.5 Å². The van der Waals surface area contributed by atoms with E-state index in [0.29, 0.717) is 5.56 Å². The van der Waals surface area contributed by atoms with Crippen LogP contribution >= 0.6 is 0 Å². The van der Waals surface area contributed by atoms with E-state index in [9.17, 15) is 13.9 Å². The van der Waals surface area contributed by atoms with Gasteiger partial charge < -0.3 is 5.11 Å². The van der Waals surface area contributed by atoms with Gasteiger partial charge in [-0.15, -0.1) is 0 Å². The summed E-state index contributed by atoms with van der Waals surface area (Å²) in [5, 5.41) is 10.5. The summed E-state index contributed by atoms with van der Waals surface area (Å²) in [4.78, 5) is 0. The lowest BCUT2D eigenvalue weighted by molar-refractivity contribution is 0.133. The average molecular weight is 288 g/mol. The van der Waals surface area contributed by atoms with Crippen LogP contribution in [0.5, 0.6) is 0 Å². The number of aliphatic hydroxyl groups is 1. The fourth-order valence-corrected chi connectivity index (χ4v) is 3.25. The number of aliphatic hydroxyl groups excluding tert-OH is 1. The Balaban J connectivity index is 1.81. The second-order valence-electron chi connectivity index (χ2n) is 5.70. The molecular formula is C18H18F2O. The molecule has 3 rings (SSSR count). The molecule has 1 aliphatic rings. The van der Waals surface area contributed by atoms with Gasteiger partial charge in [-0.2, -0.15) is 0 Å². The summed E-state index contributed by atoms with van der Waals surface area (Å²) in [6.07, 6.45) is 2.53. The van der Waals surface area contributed by atoms with Crippen LogP contribution in [0.25, 0.3) is 0 Å². The number of halogens is 2. The molecule has 0 aliphatic heterocycles. The molecule has 110 valence electrons. The van der Waals surface area contributed by atoms with E-state index >= 15 is 0 Å². The van der Waals surface area contributed by atoms with Crippen molar-refractivity contribution in [2.24, 2.45) is 0 Å². The molecule has 0 amide bonds. The normalized spacial score (nSPS) is 19.1. The van der Waals surface area contributed by atoms with Crippen LogP contribution in [-0.4, -0.2) is 11.2 Å². The molecule has 0 bridgehead atoms. The highest BCUT2D eigenvalue weighted by Gasteiger charge is 2.27. The third-order valence-electron chi connectivity index (χ3n) is 4.32. The smallest absolute Gasteiger partial charge is 0.129 e. The highest BCUT2D eigenvalue weighted by Crippen LogP contribution is 2.35. The van der Waals surface area contributed by atoms with Gasteiger partial charge in [-0.3, -0.25) is 0 Å². The molecule has 2 atom stereocenters. The van der Waals surface area contributed by atoms with Crippen LogP contribution in [0.2, 0.25) is 0 Å². The second-order valence-corrected chi connectivity index (χ2v) is 5.70. The maximum Gasteiger partial charge on any atom is 0.129 e. The van der Waals surface area contributed by atoms with Gasteiger partial charge in [-0.25, -0.2) is 8.78 Å². The van der Waals surface area contributed by atoms with Gasteiger partial charge in [0.1, 0.15) is 11.6 Å². The molecule has 0 fully saturated rings. The molecule has 0 saturated carbocycles. The summed E-state index contributed by atoms with van der Waals surface area (Å²) < 4.78 is 26.7. The Labute approximate surface area is 123 Å². The zero-order valence-corrected chi connectivity index (χ0v) is 11.7. The Kier molecular flexibility index (Phi) is 4.02. The predicted octanol–water partition coefficient (Wildman–Crippen LogP) is 3.99. The predicted molar refractivity (Wildman–Crippen MR) is 78.2 cm³/mol. The highest BCUT2D eigenvalue weighted by atomic mass is 19.1. The maximum atomic E-state index is 13.7. The van der Waals surface area contributed by atoms with Gasteiger partial charge in [0.2, 0.25) is 0 Å². The summed E-state index contributed by atoms with van der Waals surface area (Å²) in [6, 6.07) is 11.6. The van der Waals surface area contributed by atoms with Gasteiger partial charge >= 0.3 is 0 Å². The van der Waals surface area contributed by atoms with Crippen molar-refractivity contribution in [3.8, 4) is 0 Å². The van der Waals surface area contributed by atoms with Gasteiger partial charge in [0.05, 0.1) is 6.10 Å². The Bertz CT molecular complexity index is 639. The Morgan fingerprint density at radius 3 is 2.76 bits per heavy atom. The maximum absolute atomic E-state index is 13.7. The van der Waals surface area contributed by atoms with E-state index in [2.05, 4.69) is 6.07 Å². The minimum Gasteiger partial charge on any atom is -0.392 e. The van der Waals surface area contributed by atoms with Crippen molar-refractivity contribution in [1.82, 2.24) is 0 Å². The van der Waals surface area contributed by atoms with E-state index < -0.39 is 17.7 Å². The molecule has 1 N–H and O–H groups in total. The van der Waals surface area contributed by atoms with Crippen LogP contribution in [0.4, 0.5) is 8.78 Å². The van der Waals surface area contributed by atoms with E-state index in [0.717, 1.165) is 25.3 Å². The van der Waals surface area contributed by atoms with Gasteiger partial charge in [0.15, 0.2) is 0 Å². The summed E-state index contributed by atoms with van der Waals surface area (Å²) in [5.74, 6) is -1.15. The van der Waals surface area contributed by atoms with E-state index in [1.165, 1.54) is 23.3 Å². The van der Waals surface area contributed by atoms with Crippen molar-refractivity contribution >= 4 is 0 Å². The molecule has 21 heavy (non-hydrogen) atoms. The first kappa shape index (κ1) is 14.2. The number of hydrogen-bond acceptors (Lipinski definition) is 1. The number of benzene rings is 2. The topological polar surface area (TPSA) is 20.2 Å². The molecule has 2 unspecified atom stereocenters. The fraction of sp³-hybridized carbons (Fsp3) is 0.333. The first-order valence-corrected chi connectivity index (χ1v) is 7.35. The van der Waals surface area contributed by atoms with Crippen LogP contribution in [0, 0.1) is 11.6 Å². The van der Waals surface area contributed by atoms with E-state index in [1.54, 1.807) is 0 Å². The average Bonchev–Trinajstić information content (AvgIpc) is 2.49. The molecule has 0 aromatic heterocycles. The molecular weight excluding hydrogens is 270 g/mol. The Morgan fingerprint density at radius 1 is 1.14 bits per heavy atom. The number of fused-ring (bicyclic) bond motifs is 1. The van der Waals surface area contributed by atoms with Gasteiger partial charge in [-0.1, -0.05) is 30.3 Å². The summed E-state index contributed by atoms with van der Waals surface area (Å²) >= 11 is 0. The quantitative estimate of drug-likeness (QED) is 0.905. The van der Waals surface area contributed by atoms with Gasteiger partial charge in [0.25, 0.3) is 0 Å². The van der Waals surface area contributed by atoms with E-state index in [4.69, 9.17) is 0 Å². The minimum absolute atomic E-state index is 0.0272. The lowest BCUT2D eigenvalue weighted by Gasteiger charge is -2.29. The molecule has 1 aliphatic carbocycles. The van der Waals surface area contributed by atoms with Crippen LogP contribution < -0.4 is 0 Å². The van der Waals surface area contributed by atoms with Crippen LogP contribution in [0.1, 0.15) is 35.4 Å². The zero-order valence-electron chi connectivity index (χ0n) is 11.7. The van der Waals surface area contributed by atoms with Crippen molar-refractivity contribution in [1.29, 1.82) is 0 Å². The third kappa shape index (κ3) is 2.98. The van der Waals surface area contributed by atoms with Crippen molar-refractivity contribution in [2.45, 2.75) is 37.7 Å². The molecule has 0 radical (unpaired) electrons. The molecule has 0 spiro atoms. The Morgan fingerprint density at radius 2 is 1.95 bits per heavy atom. The highest BCUT2D eigenvalue weighted by molar-refractivity contribution is 5.34. The van der Waals surface area contributed by atoms with Crippen molar-refractivity contribution in [3.05, 3.63) is 70.8 Å². The van der Waals surface area contributed by atoms with E-state index in [1.807, 2.05) is 18.2 Å². The van der Waals surface area contributed by atoms with Crippen molar-refractivity contribution in [2.75, 3.05) is 0 Å². The van der Waals surface area contributed by atoms with Crippen molar-refractivity contribution in [3.63, 3.8) is 0 Å². The largest absolute Gasteiger partial charge is 0.392 e. The Hall–Kier alpha value is -1.74. The first-order valence-electron chi connectivity index (χ1n) is 7.35. The van der Waals surface area contributed by atoms with Gasteiger partial charge in [0, 0.05) is 18.4 Å². The number of aryl methyl sites for hydroxylation is 1. The van der Waals surface area contributed by atoms with Crippen LogP contribution in [-0.2, 0) is 12.8 Å². The van der Waals surface area contributed by atoms with Crippen LogP contribution in [0.3, 0.4) is 0 Å². The van der Waals surface area contributed by atoms with Crippen molar-refractivity contribution < 1.29 is 13.9 Å². The number of hydrogen-bond donors (Lipinski definition) is 1. The molecule has 3 heteroatoms. The summed E-state index contributed by atoms with van der Waals surface area (Å²) in [5.41, 5.74) is 2.80. The molecule has 0 saturated heterocycles. The second kappa shape index (κ2) is 5.94. The molecule has 1 nitrogen and oxygen atoms in total. The van der Waals surface area contributed by atoms with E-state index in [-0.39, 0.29) is 12.3 Å². The molecule has 0 heterocycles. The standard InChI is InChI=1S/C18H18F2O/c19-14-9-8-13(17(20)11-14)10-18(21)16-7-3-5-12-4-1-2-6-15(12)16/h1-2,4,6,8-9,11,16,18,21H,3,5,7,10H2.